The molecule has 0 saturated heterocycles. The summed E-state index contributed by atoms with van der Waals surface area (Å²) in [6.07, 6.45) is 0.915. The third kappa shape index (κ3) is 3.88. The minimum atomic E-state index is -0.241. The van der Waals surface area contributed by atoms with E-state index in [1.54, 1.807) is 0 Å². The Morgan fingerprint density at radius 2 is 1.77 bits per heavy atom. The summed E-state index contributed by atoms with van der Waals surface area (Å²) >= 11 is 1.46. The van der Waals surface area contributed by atoms with Crippen molar-refractivity contribution < 1.29 is 4.79 Å². The summed E-state index contributed by atoms with van der Waals surface area (Å²) in [6, 6.07) is 16.6. The summed E-state index contributed by atoms with van der Waals surface area (Å²) in [7, 11) is 1.96. The van der Waals surface area contributed by atoms with Crippen LogP contribution in [0.1, 0.15) is 38.8 Å². The van der Waals surface area contributed by atoms with Crippen molar-refractivity contribution in [3.63, 3.8) is 0 Å². The van der Waals surface area contributed by atoms with Gasteiger partial charge < -0.3 is 9.47 Å². The van der Waals surface area contributed by atoms with E-state index in [1.807, 2.05) is 41.6 Å². The number of nitrogens with zero attached hydrogens (tertiary/aromatic N) is 4. The Kier molecular flexibility index (Phi) is 5.45. The number of anilines is 1. The van der Waals surface area contributed by atoms with Crippen LogP contribution in [0.5, 0.6) is 0 Å². The molecule has 0 spiro atoms. The molecule has 0 unspecified atom stereocenters. The standard InChI is InChI=1S/C24H28N4OS/c1-16(22(29)28-15-14-17-8-6-7-9-20(17)28)30-23-26-25-21(27(23)5)18-10-12-19(13-11-18)24(2,3)4/h6-13,16H,14-15H2,1-5H3/t16-/m0/s1. The van der Waals surface area contributed by atoms with Crippen molar-refractivity contribution in [2.75, 3.05) is 11.4 Å². The maximum absolute atomic E-state index is 13.1. The van der Waals surface area contributed by atoms with Gasteiger partial charge >= 0.3 is 0 Å². The van der Waals surface area contributed by atoms with Gasteiger partial charge in [0.1, 0.15) is 0 Å². The molecule has 0 fully saturated rings. The molecular formula is C24H28N4OS. The van der Waals surface area contributed by atoms with E-state index in [1.165, 1.54) is 22.9 Å². The molecule has 2 heterocycles. The molecule has 30 heavy (non-hydrogen) atoms. The van der Waals surface area contributed by atoms with Gasteiger partial charge in [0, 0.05) is 24.8 Å². The molecule has 5 nitrogen and oxygen atoms in total. The quantitative estimate of drug-likeness (QED) is 0.566. The predicted molar refractivity (Wildman–Crippen MR) is 123 cm³/mol. The number of aromatic nitrogens is 3. The molecule has 3 aromatic rings. The largest absolute Gasteiger partial charge is 0.311 e. The third-order valence-electron chi connectivity index (χ3n) is 5.63. The van der Waals surface area contributed by atoms with Crippen LogP contribution >= 0.6 is 11.8 Å². The molecular weight excluding hydrogens is 392 g/mol. The van der Waals surface area contributed by atoms with E-state index in [0.29, 0.717) is 0 Å². The number of carbonyl (C=O) groups excluding carboxylic acids is 1. The summed E-state index contributed by atoms with van der Waals surface area (Å²) in [5.41, 5.74) is 4.70. The van der Waals surface area contributed by atoms with Crippen LogP contribution in [-0.2, 0) is 23.7 Å². The van der Waals surface area contributed by atoms with Crippen LogP contribution in [0.15, 0.2) is 53.7 Å². The highest BCUT2D eigenvalue weighted by atomic mass is 32.2. The fourth-order valence-electron chi connectivity index (χ4n) is 3.78. The first-order valence-corrected chi connectivity index (χ1v) is 11.2. The Morgan fingerprint density at radius 1 is 1.07 bits per heavy atom. The van der Waals surface area contributed by atoms with E-state index < -0.39 is 0 Å². The summed E-state index contributed by atoms with van der Waals surface area (Å²) in [4.78, 5) is 15.0. The second-order valence-corrected chi connectivity index (χ2v) is 10.1. The first-order chi connectivity index (χ1) is 14.3. The van der Waals surface area contributed by atoms with Crippen LogP contribution in [0, 0.1) is 0 Å². The van der Waals surface area contributed by atoms with Gasteiger partial charge in [0.2, 0.25) is 5.91 Å². The maximum Gasteiger partial charge on any atom is 0.240 e. The highest BCUT2D eigenvalue weighted by Crippen LogP contribution is 2.32. The van der Waals surface area contributed by atoms with E-state index in [4.69, 9.17) is 0 Å². The molecule has 2 aromatic carbocycles. The lowest BCUT2D eigenvalue weighted by Gasteiger charge is -2.21. The summed E-state index contributed by atoms with van der Waals surface area (Å²) in [5, 5.41) is 9.26. The van der Waals surface area contributed by atoms with Crippen LogP contribution in [0.25, 0.3) is 11.4 Å². The van der Waals surface area contributed by atoms with Crippen molar-refractivity contribution in [1.82, 2.24) is 14.8 Å². The van der Waals surface area contributed by atoms with Crippen molar-refractivity contribution in [3.8, 4) is 11.4 Å². The Morgan fingerprint density at radius 3 is 2.47 bits per heavy atom. The van der Waals surface area contributed by atoms with Gasteiger partial charge in [-0.2, -0.15) is 0 Å². The van der Waals surface area contributed by atoms with Crippen LogP contribution in [0.4, 0.5) is 5.69 Å². The van der Waals surface area contributed by atoms with Gasteiger partial charge in [0.25, 0.3) is 0 Å². The molecule has 0 saturated carbocycles. The highest BCUT2D eigenvalue weighted by molar-refractivity contribution is 8.00. The lowest BCUT2D eigenvalue weighted by Crippen LogP contribution is -2.35. The number of hydrogen-bond donors (Lipinski definition) is 0. The topological polar surface area (TPSA) is 51.0 Å². The Bertz CT molecular complexity index is 1070. The molecule has 1 amide bonds. The number of para-hydroxylation sites is 1. The fourth-order valence-corrected chi connectivity index (χ4v) is 4.66. The van der Waals surface area contributed by atoms with Crippen LogP contribution in [-0.4, -0.2) is 32.5 Å². The molecule has 4 rings (SSSR count). The number of fused-ring (bicyclic) bond motifs is 1. The molecule has 1 aliphatic heterocycles. The lowest BCUT2D eigenvalue weighted by molar-refractivity contribution is -0.117. The van der Waals surface area contributed by atoms with Gasteiger partial charge in [-0.15, -0.1) is 10.2 Å². The minimum absolute atomic E-state index is 0.114. The SMILES string of the molecule is C[C@H](Sc1nnc(-c2ccc(C(C)(C)C)cc2)n1C)C(=O)N1CCc2ccccc21. The molecule has 1 atom stereocenters. The highest BCUT2D eigenvalue weighted by Gasteiger charge is 2.29. The maximum atomic E-state index is 13.1. The average molecular weight is 421 g/mol. The first-order valence-electron chi connectivity index (χ1n) is 10.3. The van der Waals surface area contributed by atoms with Crippen LogP contribution < -0.4 is 4.90 Å². The molecule has 156 valence electrons. The molecule has 1 aromatic heterocycles. The monoisotopic (exact) mass is 420 g/mol. The predicted octanol–water partition coefficient (Wildman–Crippen LogP) is 4.85. The lowest BCUT2D eigenvalue weighted by atomic mass is 9.87. The molecule has 0 bridgehead atoms. The number of amides is 1. The Balaban J connectivity index is 1.50. The summed E-state index contributed by atoms with van der Waals surface area (Å²) in [6.45, 7) is 9.30. The van der Waals surface area contributed by atoms with Gasteiger partial charge in [-0.1, -0.05) is 75.0 Å². The molecule has 0 N–H and O–H groups in total. The van der Waals surface area contributed by atoms with Gasteiger partial charge in [-0.25, -0.2) is 0 Å². The van der Waals surface area contributed by atoms with Crippen LogP contribution in [0.2, 0.25) is 0 Å². The van der Waals surface area contributed by atoms with Gasteiger partial charge in [-0.05, 0) is 36.0 Å². The number of hydrogen-bond acceptors (Lipinski definition) is 4. The molecule has 6 heteroatoms. The third-order valence-corrected chi connectivity index (χ3v) is 6.75. The van der Waals surface area contributed by atoms with E-state index in [2.05, 4.69) is 61.3 Å². The molecule has 0 radical (unpaired) electrons. The average Bonchev–Trinajstić information content (AvgIpc) is 3.31. The van der Waals surface area contributed by atoms with E-state index in [0.717, 1.165) is 35.2 Å². The van der Waals surface area contributed by atoms with E-state index >= 15 is 0 Å². The van der Waals surface area contributed by atoms with E-state index in [-0.39, 0.29) is 16.6 Å². The van der Waals surface area contributed by atoms with Gasteiger partial charge in [0.15, 0.2) is 11.0 Å². The second-order valence-electron chi connectivity index (χ2n) is 8.82. The smallest absolute Gasteiger partial charge is 0.240 e. The molecule has 0 aliphatic carbocycles. The zero-order valence-electron chi connectivity index (χ0n) is 18.2. The second kappa shape index (κ2) is 7.91. The van der Waals surface area contributed by atoms with Crippen LogP contribution in [0.3, 0.4) is 0 Å². The normalized spacial score (nSPS) is 14.6. The first kappa shape index (κ1) is 20.7. The van der Waals surface area contributed by atoms with Crippen molar-refractivity contribution in [2.24, 2.45) is 7.05 Å². The van der Waals surface area contributed by atoms with Crippen molar-refractivity contribution in [3.05, 3.63) is 59.7 Å². The van der Waals surface area contributed by atoms with Gasteiger partial charge in [-0.3, -0.25) is 4.79 Å². The number of thioether (sulfide) groups is 1. The van der Waals surface area contributed by atoms with Crippen molar-refractivity contribution in [1.29, 1.82) is 0 Å². The van der Waals surface area contributed by atoms with Gasteiger partial charge in [0.05, 0.1) is 5.25 Å². The number of carbonyl (C=O) groups is 1. The number of rotatable bonds is 4. The molecule has 1 aliphatic rings. The zero-order chi connectivity index (χ0) is 21.5. The Hall–Kier alpha value is -2.60. The fraction of sp³-hybridized carbons (Fsp3) is 0.375. The van der Waals surface area contributed by atoms with Crippen molar-refractivity contribution >= 4 is 23.4 Å². The summed E-state index contributed by atoms with van der Waals surface area (Å²) in [5.74, 6) is 0.924. The minimum Gasteiger partial charge on any atom is -0.311 e. The summed E-state index contributed by atoms with van der Waals surface area (Å²) < 4.78 is 1.97. The Labute approximate surface area is 182 Å². The zero-order valence-corrected chi connectivity index (χ0v) is 19.0. The number of benzene rings is 2. The van der Waals surface area contributed by atoms with E-state index in [9.17, 15) is 4.79 Å². The van der Waals surface area contributed by atoms with Crippen molar-refractivity contribution in [2.45, 2.75) is 49.9 Å².